The highest BCUT2D eigenvalue weighted by Gasteiger charge is 2.23. The zero-order valence-corrected chi connectivity index (χ0v) is 20.1. The van der Waals surface area contributed by atoms with E-state index in [4.69, 9.17) is 4.74 Å². The predicted octanol–water partition coefficient (Wildman–Crippen LogP) is 4.16. The molecule has 1 N–H and O–H groups in total. The predicted molar refractivity (Wildman–Crippen MR) is 135 cm³/mol. The Bertz CT molecular complexity index is 1120. The number of nitrogens with one attached hydrogen (secondary N) is 1. The van der Waals surface area contributed by atoms with Crippen LogP contribution in [0.2, 0.25) is 0 Å². The van der Waals surface area contributed by atoms with Crippen molar-refractivity contribution in [3.05, 3.63) is 66.0 Å². The summed E-state index contributed by atoms with van der Waals surface area (Å²) in [7, 11) is 1.70. The van der Waals surface area contributed by atoms with Crippen LogP contribution in [-0.2, 0) is 4.79 Å². The van der Waals surface area contributed by atoms with Gasteiger partial charge in [0.1, 0.15) is 10.8 Å². The fraction of sp³-hybridized carbons (Fsp3) is 0.320. The Balaban J connectivity index is 1.37. The van der Waals surface area contributed by atoms with E-state index in [1.807, 2.05) is 43.3 Å². The van der Waals surface area contributed by atoms with E-state index in [0.29, 0.717) is 0 Å². The Morgan fingerprint density at radius 1 is 1.00 bits per heavy atom. The molecule has 7 nitrogen and oxygen atoms in total. The maximum absolute atomic E-state index is 12.5. The molecular weight excluding hydrogens is 434 g/mol. The largest absolute Gasteiger partial charge is 0.495 e. The fourth-order valence-corrected chi connectivity index (χ4v) is 4.62. The maximum atomic E-state index is 12.5. The van der Waals surface area contributed by atoms with Crippen molar-refractivity contribution in [2.75, 3.05) is 54.2 Å². The normalized spacial score (nSPS) is 13.7. The molecule has 0 spiro atoms. The van der Waals surface area contributed by atoms with Crippen molar-refractivity contribution in [2.24, 2.45) is 0 Å². The number of methoxy groups -OCH3 is 1. The number of rotatable bonds is 7. The molecule has 0 saturated carbocycles. The third-order valence-corrected chi connectivity index (χ3v) is 6.75. The highest BCUT2D eigenvalue weighted by Crippen LogP contribution is 2.31. The average molecular weight is 464 g/mol. The number of hydrogen-bond donors (Lipinski definition) is 1. The molecule has 1 aliphatic heterocycles. The van der Waals surface area contributed by atoms with E-state index in [0.717, 1.165) is 59.7 Å². The van der Waals surface area contributed by atoms with Gasteiger partial charge in [0.15, 0.2) is 5.82 Å². The summed E-state index contributed by atoms with van der Waals surface area (Å²) in [6.45, 7) is 7.45. The number of carbonyl (C=O) groups excluding carboxylic acids is 1. The minimum absolute atomic E-state index is 0.0548. The Morgan fingerprint density at radius 3 is 2.48 bits per heavy atom. The first-order chi connectivity index (χ1) is 16.0. The lowest BCUT2D eigenvalue weighted by atomic mass is 10.1. The first kappa shape index (κ1) is 22.9. The van der Waals surface area contributed by atoms with E-state index >= 15 is 0 Å². The van der Waals surface area contributed by atoms with E-state index in [1.54, 1.807) is 19.5 Å². The number of hydrogen-bond acceptors (Lipinski definition) is 7. The smallest absolute Gasteiger partial charge is 0.234 e. The first-order valence-electron chi connectivity index (χ1n) is 11.0. The molecular formula is C25H29N5O2S. The Labute approximate surface area is 199 Å². The highest BCUT2D eigenvalue weighted by atomic mass is 32.2. The van der Waals surface area contributed by atoms with E-state index < -0.39 is 0 Å². The number of thioether (sulfide) groups is 1. The number of carbonyl (C=O) groups is 1. The lowest BCUT2D eigenvalue weighted by Gasteiger charge is -2.37. The van der Waals surface area contributed by atoms with Crippen molar-refractivity contribution in [3.8, 4) is 5.75 Å². The fourth-order valence-electron chi connectivity index (χ4n) is 3.84. The first-order valence-corrected chi connectivity index (χ1v) is 12.0. The SMILES string of the molecule is COc1ccccc1N1CCN(c2nccnc2SCC(=O)Nc2ccc(C)c(C)c2)CC1. The monoisotopic (exact) mass is 463 g/mol. The molecule has 0 unspecified atom stereocenters. The molecule has 3 aromatic rings. The van der Waals surface area contributed by atoms with Gasteiger partial charge in [-0.25, -0.2) is 9.97 Å². The second-order valence-corrected chi connectivity index (χ2v) is 8.93. The van der Waals surface area contributed by atoms with Crippen molar-refractivity contribution >= 4 is 34.9 Å². The second-order valence-electron chi connectivity index (χ2n) is 7.97. The molecule has 1 saturated heterocycles. The van der Waals surface area contributed by atoms with Crippen molar-refractivity contribution in [1.82, 2.24) is 9.97 Å². The van der Waals surface area contributed by atoms with Crippen LogP contribution < -0.4 is 19.9 Å². The Morgan fingerprint density at radius 2 is 1.73 bits per heavy atom. The lowest BCUT2D eigenvalue weighted by molar-refractivity contribution is -0.113. The Hall–Kier alpha value is -3.26. The molecule has 8 heteroatoms. The van der Waals surface area contributed by atoms with Crippen molar-refractivity contribution in [1.29, 1.82) is 0 Å². The topological polar surface area (TPSA) is 70.6 Å². The number of benzene rings is 2. The number of amides is 1. The molecule has 0 aliphatic carbocycles. The molecule has 4 rings (SSSR count). The zero-order chi connectivity index (χ0) is 23.2. The number of aromatic nitrogens is 2. The van der Waals surface area contributed by atoms with Crippen LogP contribution in [0, 0.1) is 13.8 Å². The number of ether oxygens (including phenoxy) is 1. The van der Waals surface area contributed by atoms with E-state index in [2.05, 4.69) is 38.1 Å². The van der Waals surface area contributed by atoms with Gasteiger partial charge in [0, 0.05) is 44.3 Å². The van der Waals surface area contributed by atoms with Crippen molar-refractivity contribution in [2.45, 2.75) is 18.9 Å². The summed E-state index contributed by atoms with van der Waals surface area (Å²) in [5.41, 5.74) is 4.29. The third kappa shape index (κ3) is 5.57. The molecule has 33 heavy (non-hydrogen) atoms. The van der Waals surface area contributed by atoms with E-state index in [-0.39, 0.29) is 11.7 Å². The molecule has 0 atom stereocenters. The highest BCUT2D eigenvalue weighted by molar-refractivity contribution is 8.00. The second kappa shape index (κ2) is 10.6. The molecule has 1 aromatic heterocycles. The van der Waals surface area contributed by atoms with Gasteiger partial charge < -0.3 is 19.9 Å². The summed E-state index contributed by atoms with van der Waals surface area (Å²) in [6.07, 6.45) is 3.39. The van der Waals surface area contributed by atoms with Crippen molar-refractivity contribution < 1.29 is 9.53 Å². The van der Waals surface area contributed by atoms with Gasteiger partial charge in [0.25, 0.3) is 0 Å². The van der Waals surface area contributed by atoms with Gasteiger partial charge in [-0.3, -0.25) is 4.79 Å². The third-order valence-electron chi connectivity index (χ3n) is 5.78. The van der Waals surface area contributed by atoms with Gasteiger partial charge in [-0.2, -0.15) is 0 Å². The Kier molecular flexibility index (Phi) is 7.34. The molecule has 1 fully saturated rings. The van der Waals surface area contributed by atoms with Gasteiger partial charge in [-0.05, 0) is 49.2 Å². The number of para-hydroxylation sites is 2. The lowest BCUT2D eigenvalue weighted by Crippen LogP contribution is -2.47. The van der Waals surface area contributed by atoms with Gasteiger partial charge in [-0.15, -0.1) is 0 Å². The standard InChI is InChI=1S/C25H29N5O2S/c1-18-8-9-20(16-19(18)2)28-23(31)17-33-25-24(26-10-11-27-25)30-14-12-29(13-15-30)21-6-4-5-7-22(21)32-3/h4-11,16H,12-15,17H2,1-3H3,(H,28,31). The molecule has 172 valence electrons. The van der Waals surface area contributed by atoms with Crippen LogP contribution in [0.3, 0.4) is 0 Å². The molecule has 2 aromatic carbocycles. The number of piperazine rings is 1. The summed E-state index contributed by atoms with van der Waals surface area (Å²) in [5, 5.41) is 3.75. The minimum atomic E-state index is -0.0548. The number of nitrogens with zero attached hydrogens (tertiary/aromatic N) is 4. The molecule has 1 aliphatic rings. The van der Waals surface area contributed by atoms with Gasteiger partial charge in [0.05, 0.1) is 18.6 Å². The van der Waals surface area contributed by atoms with Crippen LogP contribution in [0.15, 0.2) is 59.9 Å². The average Bonchev–Trinajstić information content (AvgIpc) is 2.85. The molecule has 2 heterocycles. The van der Waals surface area contributed by atoms with E-state index in [9.17, 15) is 4.79 Å². The molecule has 1 amide bonds. The van der Waals surface area contributed by atoms with Crippen LogP contribution in [0.5, 0.6) is 5.75 Å². The van der Waals surface area contributed by atoms with Gasteiger partial charge in [-0.1, -0.05) is 30.0 Å². The summed E-state index contributed by atoms with van der Waals surface area (Å²) >= 11 is 1.42. The maximum Gasteiger partial charge on any atom is 0.234 e. The summed E-state index contributed by atoms with van der Waals surface area (Å²) in [5.74, 6) is 1.94. The number of anilines is 3. The minimum Gasteiger partial charge on any atom is -0.495 e. The summed E-state index contributed by atoms with van der Waals surface area (Å²) < 4.78 is 5.52. The molecule has 0 bridgehead atoms. The van der Waals surface area contributed by atoms with Crippen molar-refractivity contribution in [3.63, 3.8) is 0 Å². The molecule has 0 radical (unpaired) electrons. The van der Waals surface area contributed by atoms with Crippen LogP contribution in [0.25, 0.3) is 0 Å². The van der Waals surface area contributed by atoms with Crippen LogP contribution in [0.1, 0.15) is 11.1 Å². The quantitative estimate of drug-likeness (QED) is 0.528. The summed E-state index contributed by atoms with van der Waals surface area (Å²) in [4.78, 5) is 26.2. The van der Waals surface area contributed by atoms with Crippen LogP contribution >= 0.6 is 11.8 Å². The van der Waals surface area contributed by atoms with Crippen LogP contribution in [0.4, 0.5) is 17.2 Å². The van der Waals surface area contributed by atoms with Gasteiger partial charge >= 0.3 is 0 Å². The summed E-state index contributed by atoms with van der Waals surface area (Å²) in [6, 6.07) is 14.0. The number of aryl methyl sites for hydroxylation is 2. The van der Waals surface area contributed by atoms with Gasteiger partial charge in [0.2, 0.25) is 5.91 Å². The zero-order valence-electron chi connectivity index (χ0n) is 19.2. The van der Waals surface area contributed by atoms with E-state index in [1.165, 1.54) is 17.3 Å². The van der Waals surface area contributed by atoms with Crippen LogP contribution in [-0.4, -0.2) is 54.9 Å².